The molecule has 90 valence electrons. The van der Waals surface area contributed by atoms with Crippen molar-refractivity contribution in [3.05, 3.63) is 53.3 Å². The number of hydrogen-bond donors (Lipinski definition) is 0. The van der Waals surface area contributed by atoms with Crippen LogP contribution in [0.15, 0.2) is 41.7 Å². The zero-order chi connectivity index (χ0) is 12.8. The van der Waals surface area contributed by atoms with Gasteiger partial charge in [0.05, 0.1) is 17.8 Å². The van der Waals surface area contributed by atoms with Gasteiger partial charge in [-0.25, -0.2) is 0 Å². The summed E-state index contributed by atoms with van der Waals surface area (Å²) in [5.41, 5.74) is 2.87. The zero-order valence-electron chi connectivity index (χ0n) is 10.2. The zero-order valence-corrected chi connectivity index (χ0v) is 10.2. The van der Waals surface area contributed by atoms with Crippen LogP contribution in [0.2, 0.25) is 0 Å². The molecule has 0 fully saturated rings. The predicted octanol–water partition coefficient (Wildman–Crippen LogP) is 1.95. The average Bonchev–Trinajstić information content (AvgIpc) is 2.81. The lowest BCUT2D eigenvalue weighted by Crippen LogP contribution is -1.90. The first kappa shape index (κ1) is 12.1. The smallest absolute Gasteiger partial charge is 0.0991 e. The monoisotopic (exact) mass is 238 g/mol. The van der Waals surface area contributed by atoms with Gasteiger partial charge in [-0.05, 0) is 29.7 Å². The largest absolute Gasteiger partial charge is 0.292 e. The second-order valence-corrected chi connectivity index (χ2v) is 4.04. The summed E-state index contributed by atoms with van der Waals surface area (Å²) in [7, 11) is 1.91. The molecule has 1 aromatic heterocycles. The topological polar surface area (TPSA) is 54.0 Å². The average molecular weight is 238 g/mol. The van der Waals surface area contributed by atoms with Gasteiger partial charge in [-0.3, -0.25) is 9.67 Å². The molecule has 2 rings (SSSR count). The first-order valence-electron chi connectivity index (χ1n) is 5.75. The Morgan fingerprint density at radius 3 is 2.78 bits per heavy atom. The van der Waals surface area contributed by atoms with Crippen molar-refractivity contribution in [3.8, 4) is 6.07 Å². The molecule has 0 radical (unpaired) electrons. The molecule has 0 aliphatic rings. The molecule has 0 saturated carbocycles. The van der Waals surface area contributed by atoms with Crippen LogP contribution < -0.4 is 0 Å². The van der Waals surface area contributed by atoms with Crippen molar-refractivity contribution in [2.24, 2.45) is 12.0 Å². The molecule has 0 aliphatic carbocycles. The molecule has 4 heteroatoms. The quantitative estimate of drug-likeness (QED) is 0.764. The number of nitriles is 1. The Hall–Kier alpha value is -2.41. The van der Waals surface area contributed by atoms with Crippen LogP contribution in [0.1, 0.15) is 16.7 Å². The third-order valence-corrected chi connectivity index (χ3v) is 2.57. The Kier molecular flexibility index (Phi) is 3.87. The number of hydrogen-bond acceptors (Lipinski definition) is 3. The minimum Gasteiger partial charge on any atom is -0.292 e. The molecular weight excluding hydrogens is 224 g/mol. The summed E-state index contributed by atoms with van der Waals surface area (Å²) in [6.07, 6.45) is 6.58. The molecule has 4 nitrogen and oxygen atoms in total. The van der Waals surface area contributed by atoms with Gasteiger partial charge < -0.3 is 0 Å². The van der Waals surface area contributed by atoms with Crippen molar-refractivity contribution >= 4 is 6.21 Å². The maximum atomic E-state index is 8.68. The van der Waals surface area contributed by atoms with E-state index in [1.54, 1.807) is 16.8 Å². The third kappa shape index (κ3) is 3.29. The van der Waals surface area contributed by atoms with E-state index in [0.717, 1.165) is 18.5 Å². The van der Waals surface area contributed by atoms with Crippen molar-refractivity contribution in [3.63, 3.8) is 0 Å². The van der Waals surface area contributed by atoms with Crippen LogP contribution in [-0.4, -0.2) is 22.5 Å². The Balaban J connectivity index is 1.85. The molecule has 0 spiro atoms. The molecule has 0 aliphatic heterocycles. The molecule has 18 heavy (non-hydrogen) atoms. The molecule has 0 atom stereocenters. The lowest BCUT2D eigenvalue weighted by Gasteiger charge is -1.94. The van der Waals surface area contributed by atoms with Gasteiger partial charge in [0, 0.05) is 26.0 Å². The first-order valence-corrected chi connectivity index (χ1v) is 5.75. The number of aliphatic imine (C=N–C) groups is 1. The highest BCUT2D eigenvalue weighted by Gasteiger charge is 1.94. The van der Waals surface area contributed by atoms with E-state index >= 15 is 0 Å². The van der Waals surface area contributed by atoms with E-state index in [0.29, 0.717) is 5.56 Å². The molecule has 2 aromatic rings. The lowest BCUT2D eigenvalue weighted by molar-refractivity contribution is 0.766. The van der Waals surface area contributed by atoms with Gasteiger partial charge in [0.25, 0.3) is 0 Å². The van der Waals surface area contributed by atoms with Crippen molar-refractivity contribution in [1.29, 1.82) is 5.26 Å². The van der Waals surface area contributed by atoms with Crippen LogP contribution in [-0.2, 0) is 13.5 Å². The molecule has 0 bridgehead atoms. The van der Waals surface area contributed by atoms with E-state index < -0.39 is 0 Å². The summed E-state index contributed by atoms with van der Waals surface area (Å²) in [6.45, 7) is 0.742. The van der Waals surface area contributed by atoms with Crippen LogP contribution >= 0.6 is 0 Å². The maximum Gasteiger partial charge on any atom is 0.0991 e. The lowest BCUT2D eigenvalue weighted by atomic mass is 10.2. The van der Waals surface area contributed by atoms with Gasteiger partial charge in [0.15, 0.2) is 0 Å². The van der Waals surface area contributed by atoms with Gasteiger partial charge in [-0.1, -0.05) is 12.1 Å². The summed E-state index contributed by atoms with van der Waals surface area (Å²) >= 11 is 0. The Bertz CT molecular complexity index is 573. The molecule has 0 N–H and O–H groups in total. The van der Waals surface area contributed by atoms with E-state index in [-0.39, 0.29) is 0 Å². The van der Waals surface area contributed by atoms with Crippen LogP contribution in [0.25, 0.3) is 0 Å². The van der Waals surface area contributed by atoms with E-state index in [9.17, 15) is 0 Å². The molecule has 0 unspecified atom stereocenters. The highest BCUT2D eigenvalue weighted by molar-refractivity contribution is 5.79. The normalized spacial score (nSPS) is 10.7. The molecule has 1 aromatic carbocycles. The molecule has 0 amide bonds. The Morgan fingerprint density at radius 2 is 2.17 bits per heavy atom. The van der Waals surface area contributed by atoms with Gasteiger partial charge >= 0.3 is 0 Å². The van der Waals surface area contributed by atoms with Gasteiger partial charge in [0.2, 0.25) is 0 Å². The van der Waals surface area contributed by atoms with E-state index in [1.807, 2.05) is 37.8 Å². The van der Waals surface area contributed by atoms with Crippen molar-refractivity contribution in [1.82, 2.24) is 9.78 Å². The van der Waals surface area contributed by atoms with Gasteiger partial charge in [-0.2, -0.15) is 10.4 Å². The maximum absolute atomic E-state index is 8.68. The molecule has 1 heterocycles. The number of rotatable bonds is 4. The Labute approximate surface area is 106 Å². The standard InChI is InChI=1S/C14H14N4/c1-18-11-14(10-17-18)6-7-16-9-13-4-2-12(8-15)3-5-13/h2-5,9-11H,6-7H2,1H3/b16-9+. The highest BCUT2D eigenvalue weighted by atomic mass is 15.2. The minimum atomic E-state index is 0.669. The summed E-state index contributed by atoms with van der Waals surface area (Å²) in [4.78, 5) is 4.36. The highest BCUT2D eigenvalue weighted by Crippen LogP contribution is 2.01. The third-order valence-electron chi connectivity index (χ3n) is 2.57. The fourth-order valence-corrected chi connectivity index (χ4v) is 1.61. The Morgan fingerprint density at radius 1 is 1.39 bits per heavy atom. The summed E-state index contributed by atoms with van der Waals surface area (Å²) < 4.78 is 1.79. The fourth-order valence-electron chi connectivity index (χ4n) is 1.61. The second-order valence-electron chi connectivity index (χ2n) is 4.04. The summed E-state index contributed by atoms with van der Waals surface area (Å²) in [5.74, 6) is 0. The fraction of sp³-hybridized carbons (Fsp3) is 0.214. The van der Waals surface area contributed by atoms with Crippen LogP contribution in [0, 0.1) is 11.3 Å². The number of benzene rings is 1. The molecule has 0 saturated heterocycles. The van der Waals surface area contributed by atoms with Gasteiger partial charge in [-0.15, -0.1) is 0 Å². The number of aromatic nitrogens is 2. The second kappa shape index (κ2) is 5.78. The summed E-state index contributed by atoms with van der Waals surface area (Å²) in [5, 5.41) is 12.8. The van der Waals surface area contributed by atoms with E-state index in [2.05, 4.69) is 16.2 Å². The van der Waals surface area contributed by atoms with Crippen molar-refractivity contribution < 1.29 is 0 Å². The SMILES string of the molecule is Cn1cc(CC/N=C/c2ccc(C#N)cc2)cn1. The van der Waals surface area contributed by atoms with Crippen LogP contribution in [0.5, 0.6) is 0 Å². The van der Waals surface area contributed by atoms with Crippen molar-refractivity contribution in [2.75, 3.05) is 6.54 Å². The van der Waals surface area contributed by atoms with Gasteiger partial charge in [0.1, 0.15) is 0 Å². The van der Waals surface area contributed by atoms with Crippen LogP contribution in [0.4, 0.5) is 0 Å². The van der Waals surface area contributed by atoms with Crippen molar-refractivity contribution in [2.45, 2.75) is 6.42 Å². The van der Waals surface area contributed by atoms with E-state index in [1.165, 1.54) is 5.56 Å². The van der Waals surface area contributed by atoms with E-state index in [4.69, 9.17) is 5.26 Å². The molecular formula is C14H14N4. The summed E-state index contributed by atoms with van der Waals surface area (Å²) in [6, 6.07) is 9.47. The van der Waals surface area contributed by atoms with Crippen LogP contribution in [0.3, 0.4) is 0 Å². The number of nitrogens with zero attached hydrogens (tertiary/aromatic N) is 4. The first-order chi connectivity index (χ1) is 8.78. The number of aryl methyl sites for hydroxylation is 1. The predicted molar refractivity (Wildman–Crippen MR) is 70.5 cm³/mol. The minimum absolute atomic E-state index is 0.669.